The van der Waals surface area contributed by atoms with Crippen LogP contribution in [-0.2, 0) is 0 Å². The topological polar surface area (TPSA) is 9.86 Å². The van der Waals surface area contributed by atoms with E-state index in [1.54, 1.807) is 0 Å². The van der Waals surface area contributed by atoms with E-state index in [0.29, 0.717) is 0 Å². The molecule has 9 aromatic carbocycles. The summed E-state index contributed by atoms with van der Waals surface area (Å²) in [5, 5.41) is 10.1. The summed E-state index contributed by atoms with van der Waals surface area (Å²) in [5.41, 5.74) is 12.1. The minimum Gasteiger partial charge on any atom is -0.309 e. The Morgan fingerprint density at radius 2 is 0.500 bits per heavy atom. The summed E-state index contributed by atoms with van der Waals surface area (Å²) in [5.74, 6) is 0. The van der Waals surface area contributed by atoms with Gasteiger partial charge in [-0.2, -0.15) is 0 Å². The summed E-state index contributed by atoms with van der Waals surface area (Å²) >= 11 is 0. The molecule has 2 heterocycles. The zero-order chi connectivity index (χ0) is 34.2. The second-order valence-corrected chi connectivity index (χ2v) is 13.7. The fraction of sp³-hybridized carbons (Fsp3) is 0. The first-order valence-corrected chi connectivity index (χ1v) is 17.9. The van der Waals surface area contributed by atoms with Gasteiger partial charge in [0.2, 0.25) is 0 Å². The average molecular weight is 661 g/mol. The molecule has 0 amide bonds. The first-order valence-electron chi connectivity index (χ1n) is 17.9. The highest BCUT2D eigenvalue weighted by atomic mass is 15.0. The highest BCUT2D eigenvalue weighted by molar-refractivity contribution is 6.21. The molecule has 0 aliphatic carbocycles. The molecule has 0 unspecified atom stereocenters. The molecule has 0 radical (unpaired) electrons. The number of nitrogens with zero attached hydrogens (tertiary/aromatic N) is 2. The lowest BCUT2D eigenvalue weighted by atomic mass is 9.86. The molecule has 0 spiro atoms. The van der Waals surface area contributed by atoms with E-state index in [0.717, 1.165) is 11.4 Å². The van der Waals surface area contributed by atoms with Gasteiger partial charge < -0.3 is 9.13 Å². The number of hydrogen-bond acceptors (Lipinski definition) is 0. The minimum atomic E-state index is 1.16. The first-order chi connectivity index (χ1) is 25.8. The molecule has 0 aliphatic heterocycles. The van der Waals surface area contributed by atoms with Gasteiger partial charge in [-0.3, -0.25) is 0 Å². The Morgan fingerprint density at radius 1 is 0.231 bits per heavy atom. The van der Waals surface area contributed by atoms with Gasteiger partial charge in [0.05, 0.1) is 22.1 Å². The van der Waals surface area contributed by atoms with E-state index < -0.39 is 0 Å². The SMILES string of the molecule is c1cc(-c2c3ccccc3c(-c3cccc(-n4c5ccccc5c5ccccc54)c3)c3ccccc23)cc(-n2c3ccccc3c3ccccc32)c1. The Hall–Kier alpha value is -6.90. The molecular formula is C50H32N2. The van der Waals surface area contributed by atoms with Crippen molar-refractivity contribution in [2.75, 3.05) is 0 Å². The van der Waals surface area contributed by atoms with Crippen molar-refractivity contribution in [3.8, 4) is 33.6 Å². The zero-order valence-electron chi connectivity index (χ0n) is 28.4. The maximum absolute atomic E-state index is 2.41. The third-order valence-electron chi connectivity index (χ3n) is 10.9. The Balaban J connectivity index is 1.15. The molecule has 0 bridgehead atoms. The lowest BCUT2D eigenvalue weighted by molar-refractivity contribution is 1.18. The van der Waals surface area contributed by atoms with Crippen LogP contribution in [0.25, 0.3) is 98.8 Å². The number of fused-ring (bicyclic) bond motifs is 8. The second kappa shape index (κ2) is 11.3. The monoisotopic (exact) mass is 660 g/mol. The lowest BCUT2D eigenvalue weighted by Crippen LogP contribution is -1.96. The molecule has 11 rings (SSSR count). The Labute approximate surface area is 301 Å². The average Bonchev–Trinajstić information content (AvgIpc) is 3.73. The van der Waals surface area contributed by atoms with Gasteiger partial charge in [-0.25, -0.2) is 0 Å². The van der Waals surface area contributed by atoms with Crippen molar-refractivity contribution >= 4 is 65.2 Å². The van der Waals surface area contributed by atoms with Crippen LogP contribution in [0.1, 0.15) is 0 Å². The zero-order valence-corrected chi connectivity index (χ0v) is 28.4. The van der Waals surface area contributed by atoms with Gasteiger partial charge in [-0.15, -0.1) is 0 Å². The molecule has 11 aromatic rings. The third kappa shape index (κ3) is 4.19. The standard InChI is InChI=1S/C50H32N2/c1-2-24-42-41(23-1)49(33-15-13-17-35(31-33)51-45-27-9-5-19-37(45)38-20-6-10-28-46(38)51)43-25-3-4-26-44(43)50(42)34-16-14-18-36(32-34)52-47-29-11-7-21-39(47)40-22-8-12-30-48(40)52/h1-32H. The maximum atomic E-state index is 2.41. The second-order valence-electron chi connectivity index (χ2n) is 13.7. The van der Waals surface area contributed by atoms with E-state index in [4.69, 9.17) is 0 Å². The van der Waals surface area contributed by atoms with Gasteiger partial charge in [0.15, 0.2) is 0 Å². The van der Waals surface area contributed by atoms with E-state index in [-0.39, 0.29) is 0 Å². The Bertz CT molecular complexity index is 2810. The largest absolute Gasteiger partial charge is 0.309 e. The molecule has 0 fully saturated rings. The lowest BCUT2D eigenvalue weighted by Gasteiger charge is -2.19. The summed E-state index contributed by atoms with van der Waals surface area (Å²) in [4.78, 5) is 0. The van der Waals surface area contributed by atoms with Gasteiger partial charge in [0, 0.05) is 32.9 Å². The van der Waals surface area contributed by atoms with Crippen LogP contribution in [0.4, 0.5) is 0 Å². The van der Waals surface area contributed by atoms with Crippen LogP contribution in [0, 0.1) is 0 Å². The highest BCUT2D eigenvalue weighted by Crippen LogP contribution is 2.45. The predicted molar refractivity (Wildman–Crippen MR) is 221 cm³/mol. The van der Waals surface area contributed by atoms with Crippen LogP contribution in [0.2, 0.25) is 0 Å². The molecule has 2 nitrogen and oxygen atoms in total. The van der Waals surface area contributed by atoms with Crippen molar-refractivity contribution in [2.24, 2.45) is 0 Å². The number of hydrogen-bond donors (Lipinski definition) is 0. The summed E-state index contributed by atoms with van der Waals surface area (Å²) in [6.45, 7) is 0. The quantitative estimate of drug-likeness (QED) is 0.166. The molecule has 0 N–H and O–H groups in total. The number of para-hydroxylation sites is 4. The summed E-state index contributed by atoms with van der Waals surface area (Å²) in [6.07, 6.45) is 0. The van der Waals surface area contributed by atoms with Crippen LogP contribution in [0.5, 0.6) is 0 Å². The molecule has 0 saturated heterocycles. The number of benzene rings is 9. The smallest absolute Gasteiger partial charge is 0.0541 e. The molecule has 0 atom stereocenters. The minimum absolute atomic E-state index is 1.16. The van der Waals surface area contributed by atoms with Gasteiger partial charge in [-0.05, 0) is 92.3 Å². The van der Waals surface area contributed by atoms with Gasteiger partial charge in [-0.1, -0.05) is 146 Å². The van der Waals surface area contributed by atoms with Crippen LogP contribution in [0.3, 0.4) is 0 Å². The molecule has 0 saturated carbocycles. The normalized spacial score (nSPS) is 11.8. The molecular weight excluding hydrogens is 629 g/mol. The van der Waals surface area contributed by atoms with E-state index in [9.17, 15) is 0 Å². The fourth-order valence-corrected chi connectivity index (χ4v) is 8.75. The maximum Gasteiger partial charge on any atom is 0.0541 e. The molecule has 0 aliphatic rings. The van der Waals surface area contributed by atoms with Crippen LogP contribution in [0.15, 0.2) is 194 Å². The summed E-state index contributed by atoms with van der Waals surface area (Å²) < 4.78 is 4.82. The third-order valence-corrected chi connectivity index (χ3v) is 10.9. The van der Waals surface area contributed by atoms with Crippen LogP contribution >= 0.6 is 0 Å². The van der Waals surface area contributed by atoms with Crippen molar-refractivity contribution in [1.29, 1.82) is 0 Å². The van der Waals surface area contributed by atoms with Crippen molar-refractivity contribution in [1.82, 2.24) is 9.13 Å². The number of aromatic nitrogens is 2. The molecule has 52 heavy (non-hydrogen) atoms. The van der Waals surface area contributed by atoms with E-state index >= 15 is 0 Å². The Kier molecular flexibility index (Phi) is 6.28. The molecule has 2 aromatic heterocycles. The van der Waals surface area contributed by atoms with Crippen molar-refractivity contribution in [2.45, 2.75) is 0 Å². The van der Waals surface area contributed by atoms with Gasteiger partial charge in [0.25, 0.3) is 0 Å². The van der Waals surface area contributed by atoms with Gasteiger partial charge >= 0.3 is 0 Å². The van der Waals surface area contributed by atoms with Crippen LogP contribution < -0.4 is 0 Å². The fourth-order valence-electron chi connectivity index (χ4n) is 8.75. The summed E-state index contributed by atoms with van der Waals surface area (Å²) in [6, 6.07) is 71.0. The first kappa shape index (κ1) is 28.9. The molecule has 2 heteroatoms. The molecule has 242 valence electrons. The predicted octanol–water partition coefficient (Wildman–Crippen LogP) is 13.5. The van der Waals surface area contributed by atoms with Crippen molar-refractivity contribution in [3.63, 3.8) is 0 Å². The van der Waals surface area contributed by atoms with Gasteiger partial charge in [0.1, 0.15) is 0 Å². The highest BCUT2D eigenvalue weighted by Gasteiger charge is 2.19. The number of rotatable bonds is 4. The van der Waals surface area contributed by atoms with Crippen LogP contribution in [-0.4, -0.2) is 9.13 Å². The summed E-state index contributed by atoms with van der Waals surface area (Å²) in [7, 11) is 0. The van der Waals surface area contributed by atoms with E-state index in [2.05, 4.69) is 203 Å². The van der Waals surface area contributed by atoms with Crippen molar-refractivity contribution < 1.29 is 0 Å². The van der Waals surface area contributed by atoms with Crippen molar-refractivity contribution in [3.05, 3.63) is 194 Å². The van der Waals surface area contributed by atoms with E-state index in [1.165, 1.54) is 87.4 Å². The Morgan fingerprint density at radius 3 is 0.808 bits per heavy atom. The van der Waals surface area contributed by atoms with E-state index in [1.807, 2.05) is 0 Å².